The van der Waals surface area contributed by atoms with Crippen LogP contribution in [0.4, 0.5) is 5.69 Å². The van der Waals surface area contributed by atoms with Gasteiger partial charge in [0.05, 0.1) is 24.4 Å². The third-order valence-corrected chi connectivity index (χ3v) is 3.41. The van der Waals surface area contributed by atoms with Gasteiger partial charge in [-0.3, -0.25) is 14.6 Å². The highest BCUT2D eigenvalue weighted by Crippen LogP contribution is 2.29. The fourth-order valence-corrected chi connectivity index (χ4v) is 2.35. The molecule has 2 rings (SSSR count). The molecule has 1 amide bonds. The normalized spacial score (nSPS) is 19.2. The molecule has 96 valence electrons. The molecule has 1 aromatic heterocycles. The van der Waals surface area contributed by atoms with Gasteiger partial charge in [-0.25, -0.2) is 0 Å². The minimum Gasteiger partial charge on any atom is -0.469 e. The van der Waals surface area contributed by atoms with Crippen LogP contribution in [0.1, 0.15) is 12.1 Å². The Morgan fingerprint density at radius 1 is 1.61 bits per heavy atom. The van der Waals surface area contributed by atoms with Gasteiger partial charge in [0.2, 0.25) is 5.91 Å². The van der Waals surface area contributed by atoms with Crippen molar-refractivity contribution in [2.75, 3.05) is 18.6 Å². The van der Waals surface area contributed by atoms with Gasteiger partial charge in [-0.05, 0) is 28.9 Å². The summed E-state index contributed by atoms with van der Waals surface area (Å²) in [6.07, 6.45) is 1.87. The second-order valence-corrected chi connectivity index (χ2v) is 5.10. The van der Waals surface area contributed by atoms with Crippen LogP contribution < -0.4 is 4.90 Å². The van der Waals surface area contributed by atoms with E-state index in [2.05, 4.69) is 25.7 Å². The van der Waals surface area contributed by atoms with Crippen molar-refractivity contribution in [1.82, 2.24) is 4.98 Å². The summed E-state index contributed by atoms with van der Waals surface area (Å²) in [5, 5.41) is 0. The highest BCUT2D eigenvalue weighted by Gasteiger charge is 2.36. The van der Waals surface area contributed by atoms with Crippen LogP contribution >= 0.6 is 15.9 Å². The van der Waals surface area contributed by atoms with Gasteiger partial charge in [-0.1, -0.05) is 0 Å². The number of carbonyl (C=O) groups is 2. The Bertz CT molecular complexity index is 504. The van der Waals surface area contributed by atoms with Crippen molar-refractivity contribution in [1.29, 1.82) is 0 Å². The molecule has 1 unspecified atom stereocenters. The molecule has 2 heterocycles. The molecule has 18 heavy (non-hydrogen) atoms. The third-order valence-electron chi connectivity index (χ3n) is 2.98. The number of hydrogen-bond donors (Lipinski definition) is 0. The molecular formula is C12H13BrN2O3. The van der Waals surface area contributed by atoms with Crippen molar-refractivity contribution in [3.8, 4) is 0 Å². The topological polar surface area (TPSA) is 59.5 Å². The maximum atomic E-state index is 11.9. The molecule has 1 aliphatic rings. The molecule has 0 radical (unpaired) electrons. The maximum Gasteiger partial charge on any atom is 0.311 e. The van der Waals surface area contributed by atoms with E-state index in [9.17, 15) is 9.59 Å². The molecule has 1 atom stereocenters. The first-order chi connectivity index (χ1) is 8.52. The molecule has 0 saturated carbocycles. The maximum absolute atomic E-state index is 11.9. The molecule has 0 N–H and O–H groups in total. The number of nitrogens with zero attached hydrogens (tertiary/aromatic N) is 2. The second kappa shape index (κ2) is 5.06. The molecule has 1 saturated heterocycles. The molecule has 5 nitrogen and oxygen atoms in total. The standard InChI is InChI=1S/C12H13BrN2O3/c1-7-10(4-9(13)5-14-7)15-6-8(3-11(15)16)12(17)18-2/h4-5,8H,3,6H2,1-2H3. The average molecular weight is 313 g/mol. The highest BCUT2D eigenvalue weighted by molar-refractivity contribution is 9.10. The number of aromatic nitrogens is 1. The molecule has 1 aromatic rings. The minimum atomic E-state index is -0.388. The van der Waals surface area contributed by atoms with Gasteiger partial charge in [0.15, 0.2) is 0 Å². The van der Waals surface area contributed by atoms with Gasteiger partial charge in [0.1, 0.15) is 0 Å². The Hall–Kier alpha value is -1.43. The van der Waals surface area contributed by atoms with Crippen LogP contribution in [0.15, 0.2) is 16.7 Å². The van der Waals surface area contributed by atoms with Crippen molar-refractivity contribution in [3.63, 3.8) is 0 Å². The van der Waals surface area contributed by atoms with Crippen LogP contribution in [-0.2, 0) is 14.3 Å². The van der Waals surface area contributed by atoms with Crippen LogP contribution in [0, 0.1) is 12.8 Å². The summed E-state index contributed by atoms with van der Waals surface area (Å²) < 4.78 is 5.48. The number of methoxy groups -OCH3 is 1. The monoisotopic (exact) mass is 312 g/mol. The van der Waals surface area contributed by atoms with Crippen molar-refractivity contribution in [2.24, 2.45) is 5.92 Å². The number of ether oxygens (including phenoxy) is 1. The Labute approximate surface area is 113 Å². The van der Waals surface area contributed by atoms with Crippen molar-refractivity contribution >= 4 is 33.5 Å². The second-order valence-electron chi connectivity index (χ2n) is 4.19. The van der Waals surface area contributed by atoms with Crippen molar-refractivity contribution in [3.05, 3.63) is 22.4 Å². The number of carbonyl (C=O) groups excluding carboxylic acids is 2. The van der Waals surface area contributed by atoms with Crippen LogP contribution in [0.25, 0.3) is 0 Å². The van der Waals surface area contributed by atoms with Crippen molar-refractivity contribution < 1.29 is 14.3 Å². The van der Waals surface area contributed by atoms with E-state index in [1.54, 1.807) is 11.1 Å². The van der Waals surface area contributed by atoms with E-state index < -0.39 is 0 Å². The van der Waals surface area contributed by atoms with Gasteiger partial charge in [0.25, 0.3) is 0 Å². The van der Waals surface area contributed by atoms with Crippen molar-refractivity contribution in [2.45, 2.75) is 13.3 Å². The summed E-state index contributed by atoms with van der Waals surface area (Å²) in [7, 11) is 1.33. The number of rotatable bonds is 2. The zero-order chi connectivity index (χ0) is 13.3. The third kappa shape index (κ3) is 2.38. The van der Waals surface area contributed by atoms with Gasteiger partial charge in [0, 0.05) is 23.6 Å². The van der Waals surface area contributed by atoms with Gasteiger partial charge < -0.3 is 9.64 Å². The fraction of sp³-hybridized carbons (Fsp3) is 0.417. The Kier molecular flexibility index (Phi) is 3.65. The SMILES string of the molecule is COC(=O)C1CC(=O)N(c2cc(Br)cnc2C)C1. The summed E-state index contributed by atoms with van der Waals surface area (Å²) in [4.78, 5) is 29.2. The molecule has 1 fully saturated rings. The van der Waals surface area contributed by atoms with Gasteiger partial charge in [-0.2, -0.15) is 0 Å². The Balaban J connectivity index is 2.27. The number of aryl methyl sites for hydroxylation is 1. The van der Waals surface area contributed by atoms with E-state index in [0.717, 1.165) is 15.9 Å². The molecule has 0 aliphatic carbocycles. The smallest absolute Gasteiger partial charge is 0.311 e. The molecule has 6 heteroatoms. The quantitative estimate of drug-likeness (QED) is 0.780. The van der Waals surface area contributed by atoms with E-state index in [4.69, 9.17) is 0 Å². The Morgan fingerprint density at radius 2 is 2.33 bits per heavy atom. The first kappa shape index (κ1) is 13.0. The lowest BCUT2D eigenvalue weighted by atomic mass is 10.1. The van der Waals surface area contributed by atoms with E-state index >= 15 is 0 Å². The van der Waals surface area contributed by atoms with E-state index in [1.807, 2.05) is 13.0 Å². The predicted molar refractivity (Wildman–Crippen MR) is 69.2 cm³/mol. The minimum absolute atomic E-state index is 0.0756. The van der Waals surface area contributed by atoms with Gasteiger partial charge >= 0.3 is 5.97 Å². The number of halogens is 1. The zero-order valence-electron chi connectivity index (χ0n) is 10.1. The molecular weight excluding hydrogens is 300 g/mol. The first-order valence-electron chi connectivity index (χ1n) is 5.53. The highest BCUT2D eigenvalue weighted by atomic mass is 79.9. The molecule has 0 aromatic carbocycles. The summed E-state index contributed by atoms with van der Waals surface area (Å²) >= 11 is 3.33. The van der Waals surface area contributed by atoms with Crippen LogP contribution in [0.2, 0.25) is 0 Å². The summed E-state index contributed by atoms with van der Waals surface area (Å²) in [6.45, 7) is 2.19. The largest absolute Gasteiger partial charge is 0.469 e. The number of esters is 1. The number of anilines is 1. The number of hydrogen-bond acceptors (Lipinski definition) is 4. The lowest BCUT2D eigenvalue weighted by Gasteiger charge is -2.18. The van der Waals surface area contributed by atoms with E-state index in [-0.39, 0.29) is 24.2 Å². The van der Waals surface area contributed by atoms with Crippen LogP contribution in [0.5, 0.6) is 0 Å². The zero-order valence-corrected chi connectivity index (χ0v) is 11.7. The average Bonchev–Trinajstić information content (AvgIpc) is 2.73. The fourth-order valence-electron chi connectivity index (χ4n) is 2.04. The summed E-state index contributed by atoms with van der Waals surface area (Å²) in [5.41, 5.74) is 1.50. The Morgan fingerprint density at radius 3 is 3.00 bits per heavy atom. The molecule has 0 bridgehead atoms. The van der Waals surface area contributed by atoms with E-state index in [0.29, 0.717) is 6.54 Å². The first-order valence-corrected chi connectivity index (χ1v) is 6.32. The predicted octanol–water partition coefficient (Wildman–Crippen LogP) is 1.68. The molecule has 0 spiro atoms. The lowest BCUT2D eigenvalue weighted by molar-refractivity contribution is -0.145. The number of amides is 1. The number of pyridine rings is 1. The summed E-state index contributed by atoms with van der Waals surface area (Å²) in [5.74, 6) is -0.805. The van der Waals surface area contributed by atoms with Crippen LogP contribution in [0.3, 0.4) is 0 Å². The lowest BCUT2D eigenvalue weighted by Crippen LogP contribution is -2.27. The van der Waals surface area contributed by atoms with Crippen LogP contribution in [-0.4, -0.2) is 30.5 Å². The molecule has 1 aliphatic heterocycles. The summed E-state index contributed by atoms with van der Waals surface area (Å²) in [6, 6.07) is 1.83. The van der Waals surface area contributed by atoms with E-state index in [1.165, 1.54) is 7.11 Å². The van der Waals surface area contributed by atoms with Gasteiger partial charge in [-0.15, -0.1) is 0 Å².